The molecule has 1 amide bonds. The summed E-state index contributed by atoms with van der Waals surface area (Å²) in [6.07, 6.45) is 7.03. The first kappa shape index (κ1) is 41.1. The summed E-state index contributed by atoms with van der Waals surface area (Å²) in [7, 11) is -1.03. The predicted octanol–water partition coefficient (Wildman–Crippen LogP) is 7.34. The molecule has 10 rings (SSSR count). The van der Waals surface area contributed by atoms with Crippen molar-refractivity contribution < 1.29 is 18.1 Å². The molecule has 1 N–H and O–H groups in total. The van der Waals surface area contributed by atoms with E-state index in [2.05, 4.69) is 36.5 Å². The van der Waals surface area contributed by atoms with Gasteiger partial charge >= 0.3 is 10.6 Å². The standard InChI is InChI=1S/C46H48FN9O5S2/c1-6-63(60,48-5)35-10-8-33(9-11-35)53-19-20-54(45(53)59)41-39-29(4)52(18-13-36(39)50-56(41)34-23-27(2)40(47)28(3)24-34)42(57)38-26-32-25-31(30-14-21-61-22-15-30)7-12-37(32)55(38)46(16-17-46)43-49-44(58)62-51-43/h7-12,19-20,23-26,29-30H,6,13-18,21-22H2,1-5H3,(H,49,51,58)/t29-,63-/m0/s1. The maximum atomic E-state index is 15.4. The number of aromatic amines is 1. The normalized spacial score (nSPS) is 18.4. The second-order valence-corrected chi connectivity index (χ2v) is 20.3. The molecule has 0 spiro atoms. The maximum Gasteiger partial charge on any atom is 0.338 e. The number of nitrogens with zero attached hydrogens (tertiary/aromatic N) is 8. The van der Waals surface area contributed by atoms with Gasteiger partial charge in [-0.2, -0.15) is 9.47 Å². The van der Waals surface area contributed by atoms with Crippen LogP contribution in [0.1, 0.15) is 95.8 Å². The van der Waals surface area contributed by atoms with E-state index in [1.165, 1.54) is 14.7 Å². The zero-order valence-corrected chi connectivity index (χ0v) is 37.4. The fourth-order valence-corrected chi connectivity index (χ4v) is 11.6. The minimum Gasteiger partial charge on any atom is -0.381 e. The van der Waals surface area contributed by atoms with Crippen LogP contribution in [0.15, 0.2) is 91.9 Å². The van der Waals surface area contributed by atoms with Gasteiger partial charge in [0.05, 0.1) is 32.8 Å². The minimum absolute atomic E-state index is 0.194. The Labute approximate surface area is 367 Å². The van der Waals surface area contributed by atoms with Crippen LogP contribution in [0.25, 0.3) is 28.1 Å². The van der Waals surface area contributed by atoms with Crippen LogP contribution in [0.4, 0.5) is 4.39 Å². The Morgan fingerprint density at radius 3 is 2.37 bits per heavy atom. The lowest BCUT2D eigenvalue weighted by Crippen LogP contribution is -2.41. The van der Waals surface area contributed by atoms with E-state index >= 15 is 9.18 Å². The van der Waals surface area contributed by atoms with Gasteiger partial charge in [0, 0.05) is 84.3 Å². The molecule has 14 nitrogen and oxygen atoms in total. The summed E-state index contributed by atoms with van der Waals surface area (Å²) in [5.41, 5.74) is 4.96. The van der Waals surface area contributed by atoms with Crippen LogP contribution in [0, 0.1) is 19.7 Å². The second kappa shape index (κ2) is 15.4. The third-order valence-corrected chi connectivity index (χ3v) is 16.2. The number of rotatable bonds is 9. The third kappa shape index (κ3) is 6.65. The molecule has 1 saturated heterocycles. The molecule has 3 aromatic carbocycles. The number of nitrogens with one attached hydrogen (secondary N) is 1. The van der Waals surface area contributed by atoms with Crippen LogP contribution >= 0.6 is 11.5 Å². The number of carbonyl (C=O) groups excluding carboxylic acids is 1. The van der Waals surface area contributed by atoms with Crippen LogP contribution in [-0.2, 0) is 26.4 Å². The number of fused-ring (bicyclic) bond motifs is 2. The molecule has 6 heterocycles. The van der Waals surface area contributed by atoms with Gasteiger partial charge in [0.1, 0.15) is 28.7 Å². The highest BCUT2D eigenvalue weighted by Gasteiger charge is 2.52. The maximum absolute atomic E-state index is 15.4. The van der Waals surface area contributed by atoms with Crippen LogP contribution in [0.5, 0.6) is 0 Å². The van der Waals surface area contributed by atoms with E-state index in [4.69, 9.17) is 9.84 Å². The molecule has 0 unspecified atom stereocenters. The van der Waals surface area contributed by atoms with E-state index in [-0.39, 0.29) is 22.3 Å². The SMILES string of the molecule is CC[S@@](=O)(=NC)c1ccc(-n2ccn(-c3c4c(nn3-c3cc(C)c(F)c(C)c3)CCN(C(=O)c3cc5cc(C6CCOCC6)ccc5n3C3(c5nsc(=O)[nH]5)CC3)[C@H]4C)c2=O)cc1. The number of aromatic nitrogens is 7. The Balaban J connectivity index is 1.10. The molecule has 63 heavy (non-hydrogen) atoms. The molecule has 7 aromatic rings. The van der Waals surface area contributed by atoms with Gasteiger partial charge < -0.3 is 14.2 Å². The predicted molar refractivity (Wildman–Crippen MR) is 240 cm³/mol. The highest BCUT2D eigenvalue weighted by Crippen LogP contribution is 2.51. The topological polar surface area (TPSA) is 154 Å². The summed E-state index contributed by atoms with van der Waals surface area (Å²) in [5.74, 6) is 1.20. The smallest absolute Gasteiger partial charge is 0.338 e. The number of benzene rings is 3. The molecule has 2 fully saturated rings. The van der Waals surface area contributed by atoms with Crippen LogP contribution in [-0.4, -0.2) is 80.4 Å². The zero-order chi connectivity index (χ0) is 43.9. The lowest BCUT2D eigenvalue weighted by Gasteiger charge is -2.34. The zero-order valence-electron chi connectivity index (χ0n) is 35.8. The number of hydrogen-bond donors (Lipinski definition) is 1. The average molecular weight is 890 g/mol. The number of aryl methyl sites for hydroxylation is 2. The molecular formula is C46H48FN9O5S2. The molecule has 2 aliphatic heterocycles. The van der Waals surface area contributed by atoms with E-state index in [0.717, 1.165) is 41.0 Å². The van der Waals surface area contributed by atoms with Gasteiger partial charge in [-0.1, -0.05) is 13.0 Å². The van der Waals surface area contributed by atoms with Crippen molar-refractivity contribution in [1.82, 2.24) is 37.7 Å². The van der Waals surface area contributed by atoms with Gasteiger partial charge in [0.25, 0.3) is 5.91 Å². The fraction of sp³-hybridized carbons (Fsp3) is 0.370. The number of H-pyrrole nitrogens is 1. The van der Waals surface area contributed by atoms with Crippen molar-refractivity contribution in [3.8, 4) is 17.2 Å². The highest BCUT2D eigenvalue weighted by atomic mass is 32.2. The molecule has 2 atom stereocenters. The van der Waals surface area contributed by atoms with Crippen LogP contribution < -0.4 is 10.6 Å². The van der Waals surface area contributed by atoms with Crippen molar-refractivity contribution in [3.63, 3.8) is 0 Å². The summed E-state index contributed by atoms with van der Waals surface area (Å²) in [4.78, 5) is 47.6. The number of ether oxygens (including phenoxy) is 1. The second-order valence-electron chi connectivity index (χ2n) is 16.9. The van der Waals surface area contributed by atoms with Gasteiger partial charge in [0.2, 0.25) is 0 Å². The van der Waals surface area contributed by atoms with Crippen molar-refractivity contribution >= 4 is 38.1 Å². The fourth-order valence-electron chi connectivity index (χ4n) is 9.74. The number of amides is 1. The summed E-state index contributed by atoms with van der Waals surface area (Å²) in [6, 6.07) is 18.3. The van der Waals surface area contributed by atoms with Crippen molar-refractivity contribution in [2.45, 2.75) is 82.2 Å². The Kier molecular flexibility index (Phi) is 10.1. The van der Waals surface area contributed by atoms with Gasteiger partial charge in [-0.05, 0) is 124 Å². The number of halogens is 1. The Hall–Kier alpha value is -5.91. The van der Waals surface area contributed by atoms with Crippen LogP contribution in [0.2, 0.25) is 0 Å². The van der Waals surface area contributed by atoms with E-state index in [1.54, 1.807) is 74.4 Å². The Morgan fingerprint density at radius 1 is 1.00 bits per heavy atom. The van der Waals surface area contributed by atoms with E-state index in [9.17, 15) is 13.8 Å². The first-order valence-electron chi connectivity index (χ1n) is 21.4. The van der Waals surface area contributed by atoms with Gasteiger partial charge in [0.15, 0.2) is 0 Å². The largest absolute Gasteiger partial charge is 0.381 e. The summed E-state index contributed by atoms with van der Waals surface area (Å²) >= 11 is 0.880. The molecule has 0 bridgehead atoms. The Bertz CT molecular complexity index is 3180. The minimum atomic E-state index is -2.57. The lowest BCUT2D eigenvalue weighted by atomic mass is 9.91. The third-order valence-electron chi connectivity index (χ3n) is 13.3. The summed E-state index contributed by atoms with van der Waals surface area (Å²) in [6.45, 7) is 8.97. The first-order valence-corrected chi connectivity index (χ1v) is 23.8. The molecule has 17 heteroatoms. The van der Waals surface area contributed by atoms with Crippen molar-refractivity contribution in [2.24, 2.45) is 4.36 Å². The van der Waals surface area contributed by atoms with Crippen molar-refractivity contribution in [3.05, 3.63) is 138 Å². The van der Waals surface area contributed by atoms with Gasteiger partial charge in [-0.25, -0.2) is 22.4 Å². The number of hydrogen-bond acceptors (Lipinski definition) is 9. The molecule has 4 aromatic heterocycles. The van der Waals surface area contributed by atoms with Gasteiger partial charge in [-0.15, -0.1) is 0 Å². The highest BCUT2D eigenvalue weighted by molar-refractivity contribution is 7.93. The molecule has 1 saturated carbocycles. The average Bonchev–Trinajstić information content (AvgIpc) is 3.58. The van der Waals surface area contributed by atoms with Crippen LogP contribution in [0.3, 0.4) is 0 Å². The number of imidazole rings is 1. The monoisotopic (exact) mass is 889 g/mol. The molecule has 0 radical (unpaired) electrons. The van der Waals surface area contributed by atoms with E-state index in [0.29, 0.717) is 101 Å². The molecular weight excluding hydrogens is 842 g/mol. The lowest BCUT2D eigenvalue weighted by molar-refractivity contribution is 0.0664. The number of carbonyl (C=O) groups is 1. The summed E-state index contributed by atoms with van der Waals surface area (Å²) in [5, 5.41) is 6.03. The van der Waals surface area contributed by atoms with E-state index < -0.39 is 21.3 Å². The Morgan fingerprint density at radius 2 is 1.71 bits per heavy atom. The van der Waals surface area contributed by atoms with Crippen molar-refractivity contribution in [2.75, 3.05) is 32.6 Å². The molecule has 326 valence electrons. The molecule has 1 aliphatic carbocycles. The van der Waals surface area contributed by atoms with E-state index in [1.807, 2.05) is 24.8 Å². The first-order chi connectivity index (χ1) is 30.4. The van der Waals surface area contributed by atoms with Crippen molar-refractivity contribution in [1.29, 1.82) is 0 Å². The molecule has 3 aliphatic rings. The van der Waals surface area contributed by atoms with Gasteiger partial charge in [-0.3, -0.25) is 23.7 Å². The quantitative estimate of drug-likeness (QED) is 0.159. The summed E-state index contributed by atoms with van der Waals surface area (Å²) < 4.78 is 49.5.